The van der Waals surface area contributed by atoms with Crippen molar-refractivity contribution in [3.05, 3.63) is 24.3 Å². The standard InChI is InChI=1S/C19H28N2O6S/c1-13(2)4-9-18(22)20-14-10-11-21(17(12-14)19(23)24)28(25,26)16-7-5-15(27-3)6-8-16/h5-8,13-14,17H,4,9-12H2,1-3H3,(H,20,22)(H,23,24)/t14-,17-/m1/s1. The van der Waals surface area contributed by atoms with E-state index in [1.807, 2.05) is 13.8 Å². The van der Waals surface area contributed by atoms with Crippen molar-refractivity contribution >= 4 is 21.9 Å². The molecule has 0 aromatic heterocycles. The molecule has 0 unspecified atom stereocenters. The molecule has 8 nitrogen and oxygen atoms in total. The molecule has 1 amide bonds. The lowest BCUT2D eigenvalue weighted by molar-refractivity contribution is -0.143. The van der Waals surface area contributed by atoms with E-state index < -0.39 is 22.0 Å². The summed E-state index contributed by atoms with van der Waals surface area (Å²) in [6.07, 6.45) is 1.53. The maximum Gasteiger partial charge on any atom is 0.322 e. The van der Waals surface area contributed by atoms with Gasteiger partial charge in [-0.3, -0.25) is 9.59 Å². The fourth-order valence-electron chi connectivity index (χ4n) is 3.19. The van der Waals surface area contributed by atoms with E-state index in [0.717, 1.165) is 10.7 Å². The van der Waals surface area contributed by atoms with E-state index in [2.05, 4.69) is 5.32 Å². The molecule has 1 saturated heterocycles. The molecular formula is C19H28N2O6S. The van der Waals surface area contributed by atoms with Crippen molar-refractivity contribution < 1.29 is 27.9 Å². The van der Waals surface area contributed by atoms with Crippen LogP contribution in [0.1, 0.15) is 39.5 Å². The van der Waals surface area contributed by atoms with E-state index in [1.54, 1.807) is 0 Å². The number of amides is 1. The number of carboxylic acid groups (broad SMARTS) is 1. The summed E-state index contributed by atoms with van der Waals surface area (Å²) in [5.74, 6) is -0.446. The topological polar surface area (TPSA) is 113 Å². The number of carbonyl (C=O) groups is 2. The highest BCUT2D eigenvalue weighted by molar-refractivity contribution is 7.89. The maximum atomic E-state index is 12.9. The second-order valence-corrected chi connectivity index (χ2v) is 9.26. The Kier molecular flexibility index (Phi) is 7.42. The first-order valence-electron chi connectivity index (χ1n) is 9.33. The molecule has 0 bridgehead atoms. The lowest BCUT2D eigenvalue weighted by atomic mass is 9.99. The molecular weight excluding hydrogens is 384 g/mol. The zero-order valence-corrected chi connectivity index (χ0v) is 17.2. The van der Waals surface area contributed by atoms with E-state index in [-0.39, 0.29) is 29.8 Å². The van der Waals surface area contributed by atoms with Crippen LogP contribution in [0.5, 0.6) is 5.75 Å². The third kappa shape index (κ3) is 5.45. The number of nitrogens with one attached hydrogen (secondary N) is 1. The molecule has 1 aromatic rings. The van der Waals surface area contributed by atoms with Crippen LogP contribution in [-0.4, -0.2) is 55.4 Å². The number of hydrogen-bond acceptors (Lipinski definition) is 5. The van der Waals surface area contributed by atoms with Gasteiger partial charge in [-0.1, -0.05) is 13.8 Å². The predicted octanol–water partition coefficient (Wildman–Crippen LogP) is 1.85. The number of sulfonamides is 1. The summed E-state index contributed by atoms with van der Waals surface area (Å²) >= 11 is 0. The Morgan fingerprint density at radius 2 is 1.93 bits per heavy atom. The molecule has 1 heterocycles. The number of ether oxygens (including phenoxy) is 1. The molecule has 156 valence electrons. The average molecular weight is 413 g/mol. The van der Waals surface area contributed by atoms with Crippen LogP contribution in [0.2, 0.25) is 0 Å². The number of benzene rings is 1. The summed E-state index contributed by atoms with van der Waals surface area (Å²) in [5.41, 5.74) is 0. The van der Waals surface area contributed by atoms with Crippen molar-refractivity contribution in [2.75, 3.05) is 13.7 Å². The highest BCUT2D eigenvalue weighted by atomic mass is 32.2. The number of piperidine rings is 1. The summed E-state index contributed by atoms with van der Waals surface area (Å²) < 4.78 is 31.9. The van der Waals surface area contributed by atoms with Gasteiger partial charge in [-0.15, -0.1) is 0 Å². The average Bonchev–Trinajstić information content (AvgIpc) is 2.66. The molecule has 1 fully saturated rings. The molecule has 0 radical (unpaired) electrons. The Hall–Kier alpha value is -2.13. The van der Waals surface area contributed by atoms with Gasteiger partial charge in [0, 0.05) is 19.0 Å². The highest BCUT2D eigenvalue weighted by Gasteiger charge is 2.41. The van der Waals surface area contributed by atoms with Gasteiger partial charge in [0.1, 0.15) is 11.8 Å². The van der Waals surface area contributed by atoms with E-state index in [9.17, 15) is 23.1 Å². The number of nitrogens with zero attached hydrogens (tertiary/aromatic N) is 1. The van der Waals surface area contributed by atoms with Gasteiger partial charge in [-0.2, -0.15) is 4.31 Å². The number of rotatable bonds is 8. The number of carboxylic acids is 1. The molecule has 28 heavy (non-hydrogen) atoms. The molecule has 1 aromatic carbocycles. The van der Waals surface area contributed by atoms with Gasteiger partial charge in [0.15, 0.2) is 0 Å². The predicted molar refractivity (Wildman–Crippen MR) is 104 cm³/mol. The quantitative estimate of drug-likeness (QED) is 0.674. The van der Waals surface area contributed by atoms with Gasteiger partial charge in [0.05, 0.1) is 12.0 Å². The Bertz CT molecular complexity index is 791. The van der Waals surface area contributed by atoms with Gasteiger partial charge in [0.2, 0.25) is 15.9 Å². The Labute approximate surface area is 165 Å². The minimum absolute atomic E-state index is 0.0129. The van der Waals surface area contributed by atoms with Crippen molar-refractivity contribution in [1.82, 2.24) is 9.62 Å². The smallest absolute Gasteiger partial charge is 0.322 e. The van der Waals surface area contributed by atoms with Gasteiger partial charge in [0.25, 0.3) is 0 Å². The molecule has 2 atom stereocenters. The van der Waals surface area contributed by atoms with Crippen molar-refractivity contribution in [2.24, 2.45) is 5.92 Å². The maximum absolute atomic E-state index is 12.9. The number of aliphatic carboxylic acids is 1. The second kappa shape index (κ2) is 9.38. The third-order valence-electron chi connectivity index (χ3n) is 4.82. The summed E-state index contributed by atoms with van der Waals surface area (Å²) in [6.45, 7) is 4.08. The van der Waals surface area contributed by atoms with Crippen molar-refractivity contribution in [3.63, 3.8) is 0 Å². The molecule has 9 heteroatoms. The number of carbonyl (C=O) groups excluding carboxylic acids is 1. The fourth-order valence-corrected chi connectivity index (χ4v) is 4.80. The van der Waals surface area contributed by atoms with Gasteiger partial charge in [-0.25, -0.2) is 8.42 Å². The Morgan fingerprint density at radius 3 is 2.46 bits per heavy atom. The van der Waals surface area contributed by atoms with Crippen molar-refractivity contribution in [2.45, 2.75) is 56.5 Å². The zero-order chi connectivity index (χ0) is 20.9. The SMILES string of the molecule is COc1ccc(S(=O)(=O)N2CC[C@@H](NC(=O)CCC(C)C)C[C@@H]2C(=O)O)cc1. The van der Waals surface area contributed by atoms with Crippen molar-refractivity contribution in [3.8, 4) is 5.75 Å². The van der Waals surface area contributed by atoms with Crippen LogP contribution in [-0.2, 0) is 19.6 Å². The molecule has 1 aliphatic rings. The monoisotopic (exact) mass is 412 g/mol. The van der Waals surface area contributed by atoms with Crippen LogP contribution in [0.15, 0.2) is 29.2 Å². The van der Waals surface area contributed by atoms with Crippen molar-refractivity contribution in [1.29, 1.82) is 0 Å². The summed E-state index contributed by atoms with van der Waals surface area (Å²) in [4.78, 5) is 23.8. The van der Waals surface area contributed by atoms with Gasteiger partial charge < -0.3 is 15.2 Å². The molecule has 0 spiro atoms. The van der Waals surface area contributed by atoms with Gasteiger partial charge >= 0.3 is 5.97 Å². The lowest BCUT2D eigenvalue weighted by Gasteiger charge is -2.36. The van der Waals surface area contributed by atoms with E-state index in [0.29, 0.717) is 24.5 Å². The molecule has 0 saturated carbocycles. The lowest BCUT2D eigenvalue weighted by Crippen LogP contribution is -2.54. The van der Waals surface area contributed by atoms with Gasteiger partial charge in [-0.05, 0) is 49.4 Å². The largest absolute Gasteiger partial charge is 0.497 e. The first-order chi connectivity index (χ1) is 13.1. The number of hydrogen-bond donors (Lipinski definition) is 2. The van der Waals surface area contributed by atoms with Crippen LogP contribution >= 0.6 is 0 Å². The van der Waals surface area contributed by atoms with Crippen LogP contribution in [0.4, 0.5) is 0 Å². The zero-order valence-electron chi connectivity index (χ0n) is 16.4. The molecule has 2 rings (SSSR count). The summed E-state index contributed by atoms with van der Waals surface area (Å²) in [6, 6.07) is 4.24. The van der Waals surface area contributed by atoms with Crippen LogP contribution in [0.25, 0.3) is 0 Å². The first-order valence-corrected chi connectivity index (χ1v) is 10.8. The Balaban J connectivity index is 2.11. The van der Waals surface area contributed by atoms with E-state index >= 15 is 0 Å². The molecule has 2 N–H and O–H groups in total. The molecule has 1 aliphatic heterocycles. The number of methoxy groups -OCH3 is 1. The minimum atomic E-state index is -3.97. The first kappa shape index (κ1) is 22.2. The highest BCUT2D eigenvalue weighted by Crippen LogP contribution is 2.27. The van der Waals surface area contributed by atoms with Crippen LogP contribution in [0.3, 0.4) is 0 Å². The normalized spacial score (nSPS) is 20.7. The summed E-state index contributed by atoms with van der Waals surface area (Å²) in [7, 11) is -2.49. The molecule has 0 aliphatic carbocycles. The van der Waals surface area contributed by atoms with Crippen LogP contribution in [0, 0.1) is 5.92 Å². The minimum Gasteiger partial charge on any atom is -0.497 e. The second-order valence-electron chi connectivity index (χ2n) is 7.37. The summed E-state index contributed by atoms with van der Waals surface area (Å²) in [5, 5.41) is 12.4. The van der Waals surface area contributed by atoms with Crippen LogP contribution < -0.4 is 10.1 Å². The Morgan fingerprint density at radius 1 is 1.29 bits per heavy atom. The van der Waals surface area contributed by atoms with E-state index in [1.165, 1.54) is 31.4 Å². The van der Waals surface area contributed by atoms with E-state index in [4.69, 9.17) is 4.74 Å². The fraction of sp³-hybridized carbons (Fsp3) is 0.579. The third-order valence-corrected chi connectivity index (χ3v) is 6.74.